The molecule has 1 amide bonds. The van der Waals surface area contributed by atoms with Gasteiger partial charge in [0.2, 0.25) is 0 Å². The molecule has 7 heteroatoms. The van der Waals surface area contributed by atoms with E-state index in [-0.39, 0.29) is 36.2 Å². The third-order valence-electron chi connectivity index (χ3n) is 2.38. The Balaban J connectivity index is 2.71. The Morgan fingerprint density at radius 1 is 1.43 bits per heavy atom. The number of halogens is 3. The van der Waals surface area contributed by atoms with Crippen LogP contribution in [0.3, 0.4) is 0 Å². The molecule has 0 saturated carbocycles. The van der Waals surface area contributed by atoms with Gasteiger partial charge in [-0.3, -0.25) is 4.79 Å². The molecule has 0 aliphatic rings. The maximum absolute atomic E-state index is 12.0. The summed E-state index contributed by atoms with van der Waals surface area (Å²) in [5.74, 6) is 4.34. The van der Waals surface area contributed by atoms with Crippen LogP contribution in [0, 0.1) is 18.8 Å². The fourth-order valence-electron chi connectivity index (χ4n) is 1.52. The molecule has 2 N–H and O–H groups in total. The Labute approximate surface area is 124 Å². The van der Waals surface area contributed by atoms with Crippen LogP contribution in [0.1, 0.15) is 21.5 Å². The third-order valence-corrected chi connectivity index (χ3v) is 3.11. The summed E-state index contributed by atoms with van der Waals surface area (Å²) in [6.45, 7) is 1.36. The highest BCUT2D eigenvalue weighted by molar-refractivity contribution is 8.00. The van der Waals surface area contributed by atoms with Crippen LogP contribution in [0.5, 0.6) is 0 Å². The van der Waals surface area contributed by atoms with Crippen molar-refractivity contribution in [3.63, 3.8) is 0 Å². The fourth-order valence-corrected chi connectivity index (χ4v) is 1.95. The zero-order chi connectivity index (χ0) is 15.9. The second kappa shape index (κ2) is 7.96. The van der Waals surface area contributed by atoms with Gasteiger partial charge in [-0.25, -0.2) is 0 Å². The first kappa shape index (κ1) is 17.4. The standard InChI is InChI=1S/C14H14F3NO2S/c1-10-4-5-11(3-2-7-19)12(9-10)13(20)18-6-8-21-14(15,16)17/h4-5,9,19H,6-8H2,1H3,(H,18,20). The van der Waals surface area contributed by atoms with Crippen LogP contribution < -0.4 is 5.32 Å². The van der Waals surface area contributed by atoms with Crippen molar-refractivity contribution in [1.82, 2.24) is 5.32 Å². The van der Waals surface area contributed by atoms with E-state index in [0.717, 1.165) is 5.56 Å². The zero-order valence-electron chi connectivity index (χ0n) is 11.3. The molecular formula is C14H14F3NO2S. The van der Waals surface area contributed by atoms with E-state index in [1.54, 1.807) is 25.1 Å². The molecule has 0 unspecified atom stereocenters. The van der Waals surface area contributed by atoms with Crippen LogP contribution in [0.15, 0.2) is 18.2 Å². The Morgan fingerprint density at radius 3 is 2.76 bits per heavy atom. The minimum Gasteiger partial charge on any atom is -0.384 e. The van der Waals surface area contributed by atoms with Crippen molar-refractivity contribution in [3.05, 3.63) is 34.9 Å². The van der Waals surface area contributed by atoms with Gasteiger partial charge in [0.25, 0.3) is 5.91 Å². The molecule has 0 aliphatic carbocycles. The van der Waals surface area contributed by atoms with E-state index in [9.17, 15) is 18.0 Å². The van der Waals surface area contributed by atoms with Crippen molar-refractivity contribution < 1.29 is 23.1 Å². The van der Waals surface area contributed by atoms with Crippen LogP contribution >= 0.6 is 11.8 Å². The molecule has 0 spiro atoms. The van der Waals surface area contributed by atoms with E-state index < -0.39 is 11.4 Å². The van der Waals surface area contributed by atoms with Gasteiger partial charge in [-0.05, 0) is 30.8 Å². The molecule has 1 aromatic rings. The number of rotatable bonds is 4. The first-order valence-electron chi connectivity index (χ1n) is 6.03. The fraction of sp³-hybridized carbons (Fsp3) is 0.357. The monoisotopic (exact) mass is 317 g/mol. The van der Waals surface area contributed by atoms with Crippen molar-refractivity contribution in [2.75, 3.05) is 18.9 Å². The minimum absolute atomic E-state index is 0.0934. The van der Waals surface area contributed by atoms with E-state index in [1.165, 1.54) is 0 Å². The molecule has 21 heavy (non-hydrogen) atoms. The average molecular weight is 317 g/mol. The van der Waals surface area contributed by atoms with Crippen molar-refractivity contribution in [2.24, 2.45) is 0 Å². The number of hydrogen-bond acceptors (Lipinski definition) is 3. The quantitative estimate of drug-likeness (QED) is 0.662. The summed E-state index contributed by atoms with van der Waals surface area (Å²) in [6, 6.07) is 5.00. The number of hydrogen-bond donors (Lipinski definition) is 2. The molecule has 0 fully saturated rings. The summed E-state index contributed by atoms with van der Waals surface area (Å²) in [4.78, 5) is 12.0. The molecule has 0 atom stereocenters. The van der Waals surface area contributed by atoms with E-state index >= 15 is 0 Å². The number of amides is 1. The van der Waals surface area contributed by atoms with Gasteiger partial charge in [0, 0.05) is 17.9 Å². The molecule has 1 rings (SSSR count). The van der Waals surface area contributed by atoms with Crippen LogP contribution in [-0.2, 0) is 0 Å². The molecule has 0 bridgehead atoms. The molecule has 3 nitrogen and oxygen atoms in total. The van der Waals surface area contributed by atoms with E-state index in [2.05, 4.69) is 17.2 Å². The first-order chi connectivity index (χ1) is 9.83. The normalized spacial score (nSPS) is 10.7. The smallest absolute Gasteiger partial charge is 0.384 e. The molecule has 1 aromatic carbocycles. The van der Waals surface area contributed by atoms with E-state index in [0.29, 0.717) is 5.56 Å². The summed E-state index contributed by atoms with van der Waals surface area (Å²) >= 11 is -0.184. The van der Waals surface area contributed by atoms with Crippen LogP contribution in [0.4, 0.5) is 13.2 Å². The SMILES string of the molecule is Cc1ccc(C#CCO)c(C(=O)NCCSC(F)(F)F)c1. The van der Waals surface area contributed by atoms with Crippen molar-refractivity contribution in [1.29, 1.82) is 0 Å². The number of carbonyl (C=O) groups is 1. The van der Waals surface area contributed by atoms with Gasteiger partial charge in [-0.1, -0.05) is 23.5 Å². The number of carbonyl (C=O) groups excluding carboxylic acids is 1. The molecule has 0 heterocycles. The number of aliphatic hydroxyl groups excluding tert-OH is 1. The molecule has 0 aromatic heterocycles. The number of benzene rings is 1. The van der Waals surface area contributed by atoms with Crippen LogP contribution in [0.25, 0.3) is 0 Å². The lowest BCUT2D eigenvalue weighted by atomic mass is 10.0. The highest BCUT2D eigenvalue weighted by Crippen LogP contribution is 2.29. The number of aliphatic hydroxyl groups is 1. The summed E-state index contributed by atoms with van der Waals surface area (Å²) in [6.07, 6.45) is 0. The van der Waals surface area contributed by atoms with Crippen molar-refractivity contribution in [2.45, 2.75) is 12.4 Å². The Hall–Kier alpha value is -1.65. The molecule has 0 radical (unpaired) electrons. The maximum atomic E-state index is 12.0. The minimum atomic E-state index is -4.30. The molecular weight excluding hydrogens is 303 g/mol. The lowest BCUT2D eigenvalue weighted by Crippen LogP contribution is -2.27. The number of alkyl halides is 3. The highest BCUT2D eigenvalue weighted by Gasteiger charge is 2.27. The average Bonchev–Trinajstić information content (AvgIpc) is 2.41. The predicted molar refractivity (Wildman–Crippen MR) is 76.0 cm³/mol. The van der Waals surface area contributed by atoms with Crippen LogP contribution in [-0.4, -0.2) is 35.4 Å². The van der Waals surface area contributed by atoms with Crippen molar-refractivity contribution >= 4 is 17.7 Å². The molecule has 0 saturated heterocycles. The molecule has 114 valence electrons. The highest BCUT2D eigenvalue weighted by atomic mass is 32.2. The number of thioether (sulfide) groups is 1. The molecule has 0 aliphatic heterocycles. The lowest BCUT2D eigenvalue weighted by Gasteiger charge is -2.09. The zero-order valence-corrected chi connectivity index (χ0v) is 12.1. The Bertz CT molecular complexity index is 562. The van der Waals surface area contributed by atoms with E-state index in [4.69, 9.17) is 5.11 Å². The lowest BCUT2D eigenvalue weighted by molar-refractivity contribution is -0.0327. The van der Waals surface area contributed by atoms with Gasteiger partial charge in [-0.15, -0.1) is 0 Å². The second-order valence-corrected chi connectivity index (χ2v) is 5.22. The number of aryl methyl sites for hydroxylation is 1. The summed E-state index contributed by atoms with van der Waals surface area (Å²) < 4.78 is 35.9. The maximum Gasteiger partial charge on any atom is 0.441 e. The third kappa shape index (κ3) is 6.56. The predicted octanol–water partition coefficient (Wildman–Crippen LogP) is 2.32. The van der Waals surface area contributed by atoms with Crippen molar-refractivity contribution in [3.8, 4) is 11.8 Å². The largest absolute Gasteiger partial charge is 0.441 e. The summed E-state index contributed by atoms with van der Waals surface area (Å²) in [7, 11) is 0. The Kier molecular flexibility index (Phi) is 6.59. The van der Waals surface area contributed by atoms with Crippen LogP contribution in [0.2, 0.25) is 0 Å². The summed E-state index contributed by atoms with van der Waals surface area (Å²) in [5.41, 5.74) is -2.76. The van der Waals surface area contributed by atoms with Gasteiger partial charge in [0.1, 0.15) is 6.61 Å². The summed E-state index contributed by atoms with van der Waals surface area (Å²) in [5, 5.41) is 11.1. The second-order valence-electron chi connectivity index (χ2n) is 4.06. The van der Waals surface area contributed by atoms with Gasteiger partial charge in [-0.2, -0.15) is 13.2 Å². The van der Waals surface area contributed by atoms with E-state index in [1.807, 2.05) is 0 Å². The topological polar surface area (TPSA) is 49.3 Å². The van der Waals surface area contributed by atoms with Gasteiger partial charge < -0.3 is 10.4 Å². The van der Waals surface area contributed by atoms with Gasteiger partial charge in [0.15, 0.2) is 0 Å². The van der Waals surface area contributed by atoms with Gasteiger partial charge >= 0.3 is 5.51 Å². The Morgan fingerprint density at radius 2 is 2.14 bits per heavy atom. The number of nitrogens with one attached hydrogen (secondary N) is 1. The first-order valence-corrected chi connectivity index (χ1v) is 7.01. The van der Waals surface area contributed by atoms with Gasteiger partial charge in [0.05, 0.1) is 5.56 Å².